The second kappa shape index (κ2) is 3.12. The lowest BCUT2D eigenvalue weighted by Gasteiger charge is -2.06. The van der Waals surface area contributed by atoms with Crippen molar-refractivity contribution in [1.29, 1.82) is 0 Å². The summed E-state index contributed by atoms with van der Waals surface area (Å²) in [6, 6.07) is 3.59. The van der Waals surface area contributed by atoms with Gasteiger partial charge < -0.3 is 9.84 Å². The van der Waals surface area contributed by atoms with E-state index in [0.717, 1.165) is 22.3 Å². The van der Waals surface area contributed by atoms with Crippen LogP contribution in [0.1, 0.15) is 23.6 Å². The summed E-state index contributed by atoms with van der Waals surface area (Å²) < 4.78 is 4.96. The smallest absolute Gasteiger partial charge is 0.121 e. The summed E-state index contributed by atoms with van der Waals surface area (Å²) in [5.74, 6) is 3.18. The van der Waals surface area contributed by atoms with Crippen molar-refractivity contribution in [2.75, 3.05) is 0 Å². The van der Waals surface area contributed by atoms with E-state index in [-0.39, 0.29) is 0 Å². The van der Waals surface area contributed by atoms with Gasteiger partial charge in [-0.05, 0) is 48.6 Å². The lowest BCUT2D eigenvalue weighted by atomic mass is 9.99. The topological polar surface area (TPSA) is 29.5 Å². The third-order valence-electron chi connectivity index (χ3n) is 2.24. The number of rotatable bonds is 0. The van der Waals surface area contributed by atoms with Crippen LogP contribution in [0.15, 0.2) is 18.4 Å². The highest BCUT2D eigenvalue weighted by Crippen LogP contribution is 2.27. The predicted octanol–water partition coefficient (Wildman–Crippen LogP) is 2.40. The van der Waals surface area contributed by atoms with E-state index in [1.165, 1.54) is 0 Å². The van der Waals surface area contributed by atoms with E-state index in [4.69, 9.17) is 4.74 Å². The van der Waals surface area contributed by atoms with Crippen molar-refractivity contribution in [1.82, 2.24) is 0 Å². The van der Waals surface area contributed by atoms with Gasteiger partial charge in [0.15, 0.2) is 0 Å². The maximum absolute atomic E-state index is 9.57. The second-order valence-corrected chi connectivity index (χ2v) is 3.33. The monoisotopic (exact) mass is 186 g/mol. The standard InChI is InChI=1S/C12H10O2/c1-8-5-10-3-4-14-7-9(2)11(10)6-12(8)13/h5-7,13H,1-2H3. The highest BCUT2D eigenvalue weighted by atomic mass is 16.5. The molecule has 1 aromatic carbocycles. The van der Waals surface area contributed by atoms with Gasteiger partial charge in [-0.25, -0.2) is 0 Å². The number of allylic oxidation sites excluding steroid dienone is 1. The number of aromatic hydroxyl groups is 1. The lowest BCUT2D eigenvalue weighted by Crippen LogP contribution is -1.88. The summed E-state index contributed by atoms with van der Waals surface area (Å²) in [5.41, 5.74) is 3.60. The molecule has 2 nitrogen and oxygen atoms in total. The Bertz CT molecular complexity index is 473. The minimum absolute atomic E-state index is 0.292. The van der Waals surface area contributed by atoms with E-state index in [0.29, 0.717) is 5.75 Å². The number of benzene rings is 1. The van der Waals surface area contributed by atoms with E-state index in [1.54, 1.807) is 12.3 Å². The van der Waals surface area contributed by atoms with E-state index < -0.39 is 0 Å². The van der Waals surface area contributed by atoms with Gasteiger partial charge in [-0.2, -0.15) is 0 Å². The van der Waals surface area contributed by atoms with Crippen molar-refractivity contribution in [3.63, 3.8) is 0 Å². The number of hydrogen-bond acceptors (Lipinski definition) is 2. The number of ether oxygens (including phenoxy) is 1. The van der Waals surface area contributed by atoms with Gasteiger partial charge in [0.25, 0.3) is 0 Å². The molecule has 2 rings (SSSR count). The molecule has 2 heteroatoms. The SMILES string of the molecule is CC1=COC#Cc2cc(C)c(O)cc21. The Kier molecular flexibility index (Phi) is 1.94. The van der Waals surface area contributed by atoms with Gasteiger partial charge in [0.1, 0.15) is 18.1 Å². The molecule has 14 heavy (non-hydrogen) atoms. The number of aryl methyl sites for hydroxylation is 1. The van der Waals surface area contributed by atoms with Crippen molar-refractivity contribution in [3.8, 4) is 17.8 Å². The molecule has 0 radical (unpaired) electrons. The van der Waals surface area contributed by atoms with Gasteiger partial charge in [-0.1, -0.05) is 0 Å². The predicted molar refractivity (Wildman–Crippen MR) is 54.5 cm³/mol. The zero-order chi connectivity index (χ0) is 10.1. The molecule has 1 aromatic rings. The van der Waals surface area contributed by atoms with Gasteiger partial charge in [-0.15, -0.1) is 0 Å². The Labute approximate surface area is 82.8 Å². The fourth-order valence-corrected chi connectivity index (χ4v) is 1.39. The van der Waals surface area contributed by atoms with Gasteiger partial charge >= 0.3 is 0 Å². The largest absolute Gasteiger partial charge is 0.508 e. The van der Waals surface area contributed by atoms with Gasteiger partial charge in [-0.3, -0.25) is 0 Å². The van der Waals surface area contributed by atoms with Gasteiger partial charge in [0.05, 0.1) is 0 Å². The molecule has 0 bridgehead atoms. The third-order valence-corrected chi connectivity index (χ3v) is 2.24. The minimum Gasteiger partial charge on any atom is -0.508 e. The maximum Gasteiger partial charge on any atom is 0.121 e. The Morgan fingerprint density at radius 1 is 1.29 bits per heavy atom. The molecule has 0 unspecified atom stereocenters. The number of phenolic OH excluding ortho intramolecular Hbond substituents is 1. The number of fused-ring (bicyclic) bond motifs is 1. The van der Waals surface area contributed by atoms with E-state index >= 15 is 0 Å². The van der Waals surface area contributed by atoms with Crippen LogP contribution in [0.25, 0.3) is 5.57 Å². The van der Waals surface area contributed by atoms with Gasteiger partial charge in [0.2, 0.25) is 0 Å². The molecule has 0 atom stereocenters. The maximum atomic E-state index is 9.57. The van der Waals surface area contributed by atoms with E-state index in [1.807, 2.05) is 19.9 Å². The van der Waals surface area contributed by atoms with Crippen LogP contribution < -0.4 is 0 Å². The summed E-state index contributed by atoms with van der Waals surface area (Å²) in [5, 5.41) is 9.57. The quantitative estimate of drug-likeness (QED) is 0.630. The highest BCUT2D eigenvalue weighted by molar-refractivity contribution is 5.71. The van der Waals surface area contributed by atoms with Crippen molar-refractivity contribution < 1.29 is 9.84 Å². The van der Waals surface area contributed by atoms with Gasteiger partial charge in [0, 0.05) is 5.56 Å². The molecule has 70 valence electrons. The molecule has 1 aliphatic heterocycles. The Morgan fingerprint density at radius 2 is 2.07 bits per heavy atom. The molecule has 1 heterocycles. The summed E-state index contributed by atoms with van der Waals surface area (Å²) >= 11 is 0. The Balaban J connectivity index is 2.70. The molecular formula is C12H10O2. The first kappa shape index (κ1) is 8.71. The average Bonchev–Trinajstić information content (AvgIpc) is 2.31. The highest BCUT2D eigenvalue weighted by Gasteiger charge is 2.08. The van der Waals surface area contributed by atoms with Crippen LogP contribution in [0.4, 0.5) is 0 Å². The first-order valence-corrected chi connectivity index (χ1v) is 4.36. The van der Waals surface area contributed by atoms with Crippen LogP contribution in [-0.4, -0.2) is 5.11 Å². The molecular weight excluding hydrogens is 176 g/mol. The molecule has 0 saturated carbocycles. The summed E-state index contributed by atoms with van der Waals surface area (Å²) in [6.45, 7) is 3.77. The van der Waals surface area contributed by atoms with Crippen LogP contribution in [0.3, 0.4) is 0 Å². The van der Waals surface area contributed by atoms with E-state index in [9.17, 15) is 5.11 Å². The number of hydrogen-bond donors (Lipinski definition) is 1. The Morgan fingerprint density at radius 3 is 2.86 bits per heavy atom. The fraction of sp³-hybridized carbons (Fsp3) is 0.167. The van der Waals surface area contributed by atoms with Crippen LogP contribution in [-0.2, 0) is 4.74 Å². The Hall–Kier alpha value is -1.88. The van der Waals surface area contributed by atoms with Crippen molar-refractivity contribution in [2.24, 2.45) is 0 Å². The van der Waals surface area contributed by atoms with Crippen LogP contribution in [0.2, 0.25) is 0 Å². The molecule has 0 saturated heterocycles. The fourth-order valence-electron chi connectivity index (χ4n) is 1.39. The molecule has 1 aliphatic rings. The van der Waals surface area contributed by atoms with E-state index in [2.05, 4.69) is 12.0 Å². The molecule has 0 aromatic heterocycles. The van der Waals surface area contributed by atoms with Crippen molar-refractivity contribution in [2.45, 2.75) is 13.8 Å². The molecule has 0 fully saturated rings. The molecule has 1 N–H and O–H groups in total. The first-order chi connectivity index (χ1) is 6.68. The van der Waals surface area contributed by atoms with Crippen LogP contribution >= 0.6 is 0 Å². The zero-order valence-corrected chi connectivity index (χ0v) is 8.09. The van der Waals surface area contributed by atoms with Crippen molar-refractivity contribution >= 4 is 5.57 Å². The second-order valence-electron chi connectivity index (χ2n) is 3.33. The van der Waals surface area contributed by atoms with Crippen LogP contribution in [0, 0.1) is 19.0 Å². The minimum atomic E-state index is 0.292. The number of phenols is 1. The first-order valence-electron chi connectivity index (χ1n) is 4.36. The lowest BCUT2D eigenvalue weighted by molar-refractivity contribution is 0.442. The summed E-state index contributed by atoms with van der Waals surface area (Å²) in [4.78, 5) is 0. The molecule has 0 aliphatic carbocycles. The zero-order valence-electron chi connectivity index (χ0n) is 8.09. The average molecular weight is 186 g/mol. The summed E-state index contributed by atoms with van der Waals surface area (Å²) in [6.07, 6.45) is 4.16. The molecule has 0 amide bonds. The summed E-state index contributed by atoms with van der Waals surface area (Å²) in [7, 11) is 0. The van der Waals surface area contributed by atoms with Crippen molar-refractivity contribution in [3.05, 3.63) is 35.1 Å². The normalized spacial score (nSPS) is 12.9. The molecule has 0 spiro atoms. The third kappa shape index (κ3) is 1.33. The van der Waals surface area contributed by atoms with Crippen LogP contribution in [0.5, 0.6) is 5.75 Å².